The highest BCUT2D eigenvalue weighted by Gasteiger charge is 2.11. The van der Waals surface area contributed by atoms with Gasteiger partial charge in [-0.1, -0.05) is 38.2 Å². The molecule has 0 saturated carbocycles. The molecule has 0 rings (SSSR count). The SMILES string of the molecule is C/C(=C/C[Si](C)(C)C)[C@H](C)CC=O. The minimum atomic E-state index is -0.954. The number of carbonyl (C=O) groups is 1. The van der Waals surface area contributed by atoms with Gasteiger partial charge in [-0.3, -0.25) is 0 Å². The number of hydrogen-bond acceptors (Lipinski definition) is 1. The molecule has 0 fully saturated rings. The molecule has 0 bridgehead atoms. The molecule has 0 radical (unpaired) electrons. The lowest BCUT2D eigenvalue weighted by Crippen LogP contribution is -2.17. The second kappa shape index (κ2) is 5.38. The lowest BCUT2D eigenvalue weighted by molar-refractivity contribution is -0.108. The summed E-state index contributed by atoms with van der Waals surface area (Å²) in [6.45, 7) is 11.3. The van der Waals surface area contributed by atoms with Gasteiger partial charge in [-0.05, 0) is 18.9 Å². The Balaban J connectivity index is 4.08. The molecule has 13 heavy (non-hydrogen) atoms. The van der Waals surface area contributed by atoms with Crippen molar-refractivity contribution < 1.29 is 4.79 Å². The van der Waals surface area contributed by atoms with Gasteiger partial charge in [0.2, 0.25) is 0 Å². The highest BCUT2D eigenvalue weighted by molar-refractivity contribution is 6.76. The van der Waals surface area contributed by atoms with Gasteiger partial charge in [-0.2, -0.15) is 0 Å². The van der Waals surface area contributed by atoms with Crippen LogP contribution in [0.15, 0.2) is 11.6 Å². The molecule has 2 heteroatoms. The monoisotopic (exact) mass is 198 g/mol. The Morgan fingerprint density at radius 1 is 1.38 bits per heavy atom. The number of carbonyl (C=O) groups excluding carboxylic acids is 1. The first-order chi connectivity index (χ1) is 5.87. The number of allylic oxidation sites excluding steroid dienone is 2. The van der Waals surface area contributed by atoms with E-state index in [0.29, 0.717) is 12.3 Å². The first-order valence-corrected chi connectivity index (χ1v) is 8.68. The highest BCUT2D eigenvalue weighted by atomic mass is 28.3. The summed E-state index contributed by atoms with van der Waals surface area (Å²) in [4.78, 5) is 10.3. The predicted octanol–water partition coefficient (Wildman–Crippen LogP) is 3.50. The molecule has 0 N–H and O–H groups in total. The number of aldehydes is 1. The van der Waals surface area contributed by atoms with Gasteiger partial charge in [0.25, 0.3) is 0 Å². The Morgan fingerprint density at radius 2 is 1.92 bits per heavy atom. The predicted molar refractivity (Wildman–Crippen MR) is 61.8 cm³/mol. The van der Waals surface area contributed by atoms with E-state index < -0.39 is 8.07 Å². The quantitative estimate of drug-likeness (QED) is 0.375. The molecule has 0 aliphatic carbocycles. The summed E-state index contributed by atoms with van der Waals surface area (Å²) >= 11 is 0. The van der Waals surface area contributed by atoms with E-state index in [1.165, 1.54) is 11.6 Å². The first-order valence-electron chi connectivity index (χ1n) is 4.97. The summed E-state index contributed by atoms with van der Waals surface area (Å²) in [6, 6.07) is 1.22. The van der Waals surface area contributed by atoms with Crippen LogP contribution in [-0.4, -0.2) is 14.4 Å². The molecule has 0 saturated heterocycles. The maximum atomic E-state index is 10.3. The van der Waals surface area contributed by atoms with Gasteiger partial charge in [-0.25, -0.2) is 0 Å². The van der Waals surface area contributed by atoms with E-state index in [2.05, 4.69) is 39.6 Å². The van der Waals surface area contributed by atoms with E-state index in [9.17, 15) is 4.79 Å². The van der Waals surface area contributed by atoms with Crippen molar-refractivity contribution in [3.05, 3.63) is 11.6 Å². The molecule has 0 amide bonds. The molecule has 1 atom stereocenters. The summed E-state index contributed by atoms with van der Waals surface area (Å²) in [6.07, 6.45) is 3.99. The average molecular weight is 198 g/mol. The van der Waals surface area contributed by atoms with Crippen LogP contribution in [0.1, 0.15) is 20.3 Å². The molecule has 0 aromatic carbocycles. The van der Waals surface area contributed by atoms with E-state index >= 15 is 0 Å². The first kappa shape index (κ1) is 12.6. The van der Waals surface area contributed by atoms with Crippen molar-refractivity contribution in [2.24, 2.45) is 5.92 Å². The Bertz CT molecular complexity index is 189. The van der Waals surface area contributed by atoms with E-state index in [4.69, 9.17) is 0 Å². The van der Waals surface area contributed by atoms with Crippen molar-refractivity contribution in [1.82, 2.24) is 0 Å². The topological polar surface area (TPSA) is 17.1 Å². The van der Waals surface area contributed by atoms with Gasteiger partial charge in [0.15, 0.2) is 0 Å². The number of hydrogen-bond donors (Lipinski definition) is 0. The largest absolute Gasteiger partial charge is 0.303 e. The van der Waals surface area contributed by atoms with Crippen LogP contribution in [0.3, 0.4) is 0 Å². The van der Waals surface area contributed by atoms with Crippen molar-refractivity contribution in [2.45, 2.75) is 46.0 Å². The van der Waals surface area contributed by atoms with Crippen molar-refractivity contribution in [3.8, 4) is 0 Å². The minimum absolute atomic E-state index is 0.425. The summed E-state index contributed by atoms with van der Waals surface area (Å²) < 4.78 is 0. The lowest BCUT2D eigenvalue weighted by Gasteiger charge is -2.15. The van der Waals surface area contributed by atoms with E-state index in [0.717, 1.165) is 6.29 Å². The molecular formula is C11H22OSi. The third-order valence-corrected chi connectivity index (χ3v) is 3.69. The van der Waals surface area contributed by atoms with Crippen LogP contribution in [0.4, 0.5) is 0 Å². The Hall–Kier alpha value is -0.373. The van der Waals surface area contributed by atoms with Crippen LogP contribution in [-0.2, 0) is 4.79 Å². The van der Waals surface area contributed by atoms with Crippen LogP contribution in [0, 0.1) is 5.92 Å². The van der Waals surface area contributed by atoms with Gasteiger partial charge in [0.05, 0.1) is 0 Å². The number of rotatable bonds is 5. The fourth-order valence-electron chi connectivity index (χ4n) is 0.999. The third kappa shape index (κ3) is 6.76. The molecule has 1 nitrogen and oxygen atoms in total. The van der Waals surface area contributed by atoms with Gasteiger partial charge in [0.1, 0.15) is 6.29 Å². The van der Waals surface area contributed by atoms with Crippen molar-refractivity contribution >= 4 is 14.4 Å². The summed E-state index contributed by atoms with van der Waals surface area (Å²) in [5, 5.41) is 0. The highest BCUT2D eigenvalue weighted by Crippen LogP contribution is 2.17. The third-order valence-electron chi connectivity index (χ3n) is 2.26. The maximum Gasteiger partial charge on any atom is 0.120 e. The molecule has 0 aromatic rings. The fourth-order valence-corrected chi connectivity index (χ4v) is 1.93. The van der Waals surface area contributed by atoms with E-state index in [1.54, 1.807) is 0 Å². The fraction of sp³-hybridized carbons (Fsp3) is 0.727. The lowest BCUT2D eigenvalue weighted by atomic mass is 10.00. The molecule has 0 aliphatic heterocycles. The van der Waals surface area contributed by atoms with Crippen LogP contribution in [0.25, 0.3) is 0 Å². The Labute approximate surface area is 83.2 Å². The van der Waals surface area contributed by atoms with Crippen molar-refractivity contribution in [3.63, 3.8) is 0 Å². The average Bonchev–Trinajstić information content (AvgIpc) is 1.99. The zero-order chi connectivity index (χ0) is 10.5. The van der Waals surface area contributed by atoms with E-state index in [1.807, 2.05) is 0 Å². The standard InChI is InChI=1S/C11H22OSi/c1-10(6-8-12)11(2)7-9-13(3,4)5/h7-8,10H,6,9H2,1-5H3/b11-7-/t10-/m1/s1. The van der Waals surface area contributed by atoms with Gasteiger partial charge < -0.3 is 4.79 Å². The molecule has 0 aromatic heterocycles. The van der Waals surface area contributed by atoms with Crippen LogP contribution in [0.2, 0.25) is 25.7 Å². The maximum absolute atomic E-state index is 10.3. The normalized spacial score (nSPS) is 15.6. The molecule has 0 aliphatic rings. The second-order valence-electron chi connectivity index (χ2n) is 5.02. The van der Waals surface area contributed by atoms with Crippen LogP contribution >= 0.6 is 0 Å². The van der Waals surface area contributed by atoms with Crippen molar-refractivity contribution in [2.75, 3.05) is 0 Å². The molecular weight excluding hydrogens is 176 g/mol. The zero-order valence-electron chi connectivity index (χ0n) is 9.55. The summed E-state index contributed by atoms with van der Waals surface area (Å²) in [5.41, 5.74) is 1.37. The molecule has 0 heterocycles. The second-order valence-corrected chi connectivity index (χ2v) is 10.5. The summed E-state index contributed by atoms with van der Waals surface area (Å²) in [7, 11) is -0.954. The molecule has 0 spiro atoms. The van der Waals surface area contributed by atoms with Gasteiger partial charge >= 0.3 is 0 Å². The summed E-state index contributed by atoms with van der Waals surface area (Å²) in [5.74, 6) is 0.425. The van der Waals surface area contributed by atoms with Gasteiger partial charge in [-0.15, -0.1) is 0 Å². The van der Waals surface area contributed by atoms with Gasteiger partial charge in [0, 0.05) is 14.5 Å². The minimum Gasteiger partial charge on any atom is -0.303 e. The Morgan fingerprint density at radius 3 is 2.31 bits per heavy atom. The molecule has 0 unspecified atom stereocenters. The van der Waals surface area contributed by atoms with Crippen LogP contribution < -0.4 is 0 Å². The smallest absolute Gasteiger partial charge is 0.120 e. The molecule has 76 valence electrons. The van der Waals surface area contributed by atoms with Crippen molar-refractivity contribution in [1.29, 1.82) is 0 Å². The van der Waals surface area contributed by atoms with E-state index in [-0.39, 0.29) is 0 Å². The van der Waals surface area contributed by atoms with Crippen LogP contribution in [0.5, 0.6) is 0 Å². The Kier molecular flexibility index (Phi) is 5.22. The zero-order valence-corrected chi connectivity index (χ0v) is 10.6.